The Labute approximate surface area is 291 Å². The van der Waals surface area contributed by atoms with Crippen molar-refractivity contribution in [3.05, 3.63) is 52.8 Å². The van der Waals surface area contributed by atoms with Gasteiger partial charge in [0.1, 0.15) is 24.2 Å². The fraction of sp³-hybridized carbons (Fsp3) is 0.571. The van der Waals surface area contributed by atoms with Crippen LogP contribution in [0.25, 0.3) is 0 Å². The van der Waals surface area contributed by atoms with E-state index in [1.165, 1.54) is 11.8 Å². The van der Waals surface area contributed by atoms with Gasteiger partial charge in [-0.1, -0.05) is 44.2 Å². The molecule has 0 bridgehead atoms. The van der Waals surface area contributed by atoms with Gasteiger partial charge in [0.15, 0.2) is 5.69 Å². The van der Waals surface area contributed by atoms with Crippen molar-refractivity contribution in [3.8, 4) is 0 Å². The summed E-state index contributed by atoms with van der Waals surface area (Å²) in [6, 6.07) is 2.78. The number of amides is 6. The number of aryl methyl sites for hydroxylation is 1. The van der Waals surface area contributed by atoms with E-state index in [2.05, 4.69) is 31.7 Å². The van der Waals surface area contributed by atoms with Crippen LogP contribution in [-0.2, 0) is 43.9 Å². The van der Waals surface area contributed by atoms with Crippen molar-refractivity contribution >= 4 is 35.4 Å². The Morgan fingerprint density at radius 2 is 1.68 bits per heavy atom. The third kappa shape index (κ3) is 8.32. The van der Waals surface area contributed by atoms with Gasteiger partial charge < -0.3 is 36.6 Å². The van der Waals surface area contributed by atoms with E-state index in [0.29, 0.717) is 11.3 Å². The Hall–Kier alpha value is -4.79. The lowest BCUT2D eigenvalue weighted by molar-refractivity contribution is -0.143. The van der Waals surface area contributed by atoms with Crippen LogP contribution in [0.15, 0.2) is 30.3 Å². The van der Waals surface area contributed by atoms with Crippen molar-refractivity contribution < 1.29 is 33.9 Å². The van der Waals surface area contributed by atoms with Gasteiger partial charge in [-0.15, -0.1) is 0 Å². The number of nitrogens with one attached hydrogen (secondary N) is 5. The topological polar surface area (TPSA) is 204 Å². The van der Waals surface area contributed by atoms with Crippen molar-refractivity contribution in [1.82, 2.24) is 41.3 Å². The minimum absolute atomic E-state index is 0.0221. The molecule has 0 unspecified atom stereocenters. The first-order valence-electron chi connectivity index (χ1n) is 17.4. The molecule has 1 aromatic carbocycles. The summed E-state index contributed by atoms with van der Waals surface area (Å²) in [5.41, 5.74) is 2.88. The SMILES string of the molecule is CC(C)C[C@@H]1NC(=O)C[C@@H](c2ccccc2)NC(=O)[C@H](C)NC(=O)[C@@H]2C[C@H](NC(=O)c3nn(C)c4c3CCCC4)CN2C(=O)[C@H](CO)NC1=O. The molecule has 2 fully saturated rings. The molecule has 6 amide bonds. The first kappa shape index (κ1) is 36.5. The number of hydrogen-bond acceptors (Lipinski definition) is 8. The van der Waals surface area contributed by atoms with Crippen LogP contribution in [0, 0.1) is 5.92 Å². The number of hydrogen-bond donors (Lipinski definition) is 6. The summed E-state index contributed by atoms with van der Waals surface area (Å²) in [7, 11) is 1.80. The van der Waals surface area contributed by atoms with E-state index in [0.717, 1.165) is 36.9 Å². The monoisotopic (exact) mass is 692 g/mol. The van der Waals surface area contributed by atoms with E-state index >= 15 is 0 Å². The lowest BCUT2D eigenvalue weighted by Gasteiger charge is -2.30. The molecule has 2 aromatic rings. The smallest absolute Gasteiger partial charge is 0.272 e. The Morgan fingerprint density at radius 1 is 0.960 bits per heavy atom. The average molecular weight is 693 g/mol. The molecule has 6 N–H and O–H groups in total. The second-order valence-corrected chi connectivity index (χ2v) is 13.9. The number of fused-ring (bicyclic) bond motifs is 2. The summed E-state index contributed by atoms with van der Waals surface area (Å²) in [6.07, 6.45) is 3.58. The van der Waals surface area contributed by atoms with Gasteiger partial charge in [0.25, 0.3) is 5.91 Å². The molecule has 0 radical (unpaired) electrons. The lowest BCUT2D eigenvalue weighted by Crippen LogP contribution is -2.59. The second-order valence-electron chi connectivity index (χ2n) is 13.9. The van der Waals surface area contributed by atoms with Crippen LogP contribution in [0.5, 0.6) is 0 Å². The summed E-state index contributed by atoms with van der Waals surface area (Å²) in [5, 5.41) is 28.6. The maximum absolute atomic E-state index is 14.0. The molecule has 3 heterocycles. The van der Waals surface area contributed by atoms with Crippen molar-refractivity contribution in [1.29, 1.82) is 0 Å². The molecule has 15 nitrogen and oxygen atoms in total. The fourth-order valence-corrected chi connectivity index (χ4v) is 7.05. The molecule has 6 atom stereocenters. The van der Waals surface area contributed by atoms with Gasteiger partial charge >= 0.3 is 0 Å². The number of rotatable bonds is 6. The zero-order valence-corrected chi connectivity index (χ0v) is 29.0. The van der Waals surface area contributed by atoms with Crippen LogP contribution in [0.4, 0.5) is 0 Å². The Kier molecular flexibility index (Phi) is 11.6. The van der Waals surface area contributed by atoms with Gasteiger partial charge in [0, 0.05) is 30.9 Å². The summed E-state index contributed by atoms with van der Waals surface area (Å²) >= 11 is 0. The third-order valence-corrected chi connectivity index (χ3v) is 9.62. The summed E-state index contributed by atoms with van der Waals surface area (Å²) in [4.78, 5) is 82.8. The molecular weight excluding hydrogens is 644 g/mol. The molecule has 270 valence electrons. The minimum Gasteiger partial charge on any atom is -0.394 e. The molecule has 3 aliphatic rings. The van der Waals surface area contributed by atoms with E-state index < -0.39 is 78.3 Å². The Bertz CT molecular complexity index is 1610. The molecule has 0 saturated carbocycles. The predicted octanol–water partition coefficient (Wildman–Crippen LogP) is -0.228. The van der Waals surface area contributed by atoms with Crippen LogP contribution in [0.2, 0.25) is 0 Å². The normalized spacial score (nSPS) is 26.8. The maximum Gasteiger partial charge on any atom is 0.272 e. The Morgan fingerprint density at radius 3 is 2.38 bits per heavy atom. The van der Waals surface area contributed by atoms with E-state index in [-0.39, 0.29) is 31.7 Å². The molecule has 50 heavy (non-hydrogen) atoms. The third-order valence-electron chi connectivity index (χ3n) is 9.62. The number of aromatic nitrogens is 2. The summed E-state index contributed by atoms with van der Waals surface area (Å²) in [6.45, 7) is 4.39. The van der Waals surface area contributed by atoms with E-state index in [1.54, 1.807) is 42.1 Å². The van der Waals surface area contributed by atoms with Crippen molar-refractivity contribution in [2.45, 2.75) is 102 Å². The van der Waals surface area contributed by atoms with Gasteiger partial charge in [-0.3, -0.25) is 33.4 Å². The average Bonchev–Trinajstić information content (AvgIpc) is 3.67. The van der Waals surface area contributed by atoms with E-state index in [4.69, 9.17) is 0 Å². The highest BCUT2D eigenvalue weighted by atomic mass is 16.3. The van der Waals surface area contributed by atoms with Crippen LogP contribution >= 0.6 is 0 Å². The molecule has 1 aliphatic carbocycles. The molecule has 5 rings (SSSR count). The van der Waals surface area contributed by atoms with Crippen molar-refractivity contribution in [3.63, 3.8) is 0 Å². The largest absolute Gasteiger partial charge is 0.394 e. The maximum atomic E-state index is 14.0. The number of nitrogens with zero attached hydrogens (tertiary/aromatic N) is 3. The number of benzene rings is 1. The number of aliphatic hydroxyl groups excluding tert-OH is 1. The summed E-state index contributed by atoms with van der Waals surface area (Å²) in [5.74, 6) is -3.57. The van der Waals surface area contributed by atoms with Crippen LogP contribution in [0.3, 0.4) is 0 Å². The van der Waals surface area contributed by atoms with Gasteiger partial charge in [-0.2, -0.15) is 5.10 Å². The molecule has 15 heteroatoms. The van der Waals surface area contributed by atoms with Crippen LogP contribution in [0.1, 0.15) is 86.2 Å². The van der Waals surface area contributed by atoms with Crippen molar-refractivity contribution in [2.24, 2.45) is 13.0 Å². The molecular formula is C35H48N8O7. The highest BCUT2D eigenvalue weighted by Gasteiger charge is 2.44. The fourth-order valence-electron chi connectivity index (χ4n) is 7.05. The first-order chi connectivity index (χ1) is 23.9. The lowest BCUT2D eigenvalue weighted by atomic mass is 9.95. The van der Waals surface area contributed by atoms with Crippen LogP contribution in [-0.4, -0.2) is 98.6 Å². The number of carbonyl (C=O) groups is 6. The molecule has 2 aliphatic heterocycles. The van der Waals surface area contributed by atoms with Gasteiger partial charge in [-0.05, 0) is 56.9 Å². The number of carbonyl (C=O) groups excluding carboxylic acids is 6. The molecule has 0 spiro atoms. The van der Waals surface area contributed by atoms with Gasteiger partial charge in [0.05, 0.1) is 19.1 Å². The number of aliphatic hydroxyl groups is 1. The molecule has 2 saturated heterocycles. The first-order valence-corrected chi connectivity index (χ1v) is 17.4. The zero-order valence-electron chi connectivity index (χ0n) is 29.0. The highest BCUT2D eigenvalue weighted by molar-refractivity contribution is 5.97. The van der Waals surface area contributed by atoms with Crippen LogP contribution < -0.4 is 26.6 Å². The van der Waals surface area contributed by atoms with Gasteiger partial charge in [0.2, 0.25) is 29.5 Å². The standard InChI is InChI=1S/C35H48N8O7/c1-19(2)14-25-32(47)40-26(18-44)35(50)43-17-22(37-34(49)30-23-12-8-9-13-27(23)42(4)41-30)15-28(43)33(48)36-20(3)31(46)39-24(16-29(45)38-25)21-10-6-5-7-11-21/h5-7,10-11,19-20,22,24-26,28,44H,8-9,12-18H2,1-4H3,(H,36,48)(H,37,49)(H,38,45)(H,39,46)(H,40,47)/t20-,22-,24-,25-,26-,28-/m0/s1. The predicted molar refractivity (Wildman–Crippen MR) is 181 cm³/mol. The van der Waals surface area contributed by atoms with Crippen molar-refractivity contribution in [2.75, 3.05) is 13.2 Å². The highest BCUT2D eigenvalue weighted by Crippen LogP contribution is 2.26. The summed E-state index contributed by atoms with van der Waals surface area (Å²) < 4.78 is 1.72. The quantitative estimate of drug-likeness (QED) is 0.238. The Balaban J connectivity index is 1.43. The zero-order chi connectivity index (χ0) is 36.1. The molecule has 1 aromatic heterocycles. The second kappa shape index (κ2) is 15.8. The minimum atomic E-state index is -1.44. The van der Waals surface area contributed by atoms with E-state index in [9.17, 15) is 33.9 Å². The van der Waals surface area contributed by atoms with Gasteiger partial charge in [-0.25, -0.2) is 0 Å². The van der Waals surface area contributed by atoms with E-state index in [1.807, 2.05) is 13.8 Å².